The Bertz CT molecular complexity index is 541. The van der Waals surface area contributed by atoms with Crippen molar-refractivity contribution < 1.29 is 9.59 Å². The second kappa shape index (κ2) is 8.61. The van der Waals surface area contributed by atoms with Gasteiger partial charge in [0.2, 0.25) is 17.8 Å². The average molecular weight is 333 g/mol. The van der Waals surface area contributed by atoms with Crippen LogP contribution in [-0.4, -0.2) is 64.3 Å². The van der Waals surface area contributed by atoms with E-state index in [0.717, 1.165) is 12.8 Å². The predicted molar refractivity (Wildman–Crippen MR) is 92.3 cm³/mol. The minimum atomic E-state index is 0.0392. The van der Waals surface area contributed by atoms with Gasteiger partial charge in [-0.3, -0.25) is 9.59 Å². The maximum atomic E-state index is 12.3. The van der Waals surface area contributed by atoms with Crippen molar-refractivity contribution in [3.05, 3.63) is 18.5 Å². The van der Waals surface area contributed by atoms with Gasteiger partial charge in [-0.1, -0.05) is 0 Å². The molecule has 0 bridgehead atoms. The molecule has 1 fully saturated rings. The number of rotatable bonds is 6. The molecule has 7 nitrogen and oxygen atoms in total. The van der Waals surface area contributed by atoms with Gasteiger partial charge in [-0.15, -0.1) is 0 Å². The van der Waals surface area contributed by atoms with Gasteiger partial charge in [-0.25, -0.2) is 9.97 Å². The molecule has 1 aliphatic rings. The van der Waals surface area contributed by atoms with Gasteiger partial charge in [-0.05, 0) is 32.8 Å². The number of hydrogen-bond acceptors (Lipinski definition) is 5. The van der Waals surface area contributed by atoms with Crippen LogP contribution < -0.4 is 5.32 Å². The van der Waals surface area contributed by atoms with E-state index in [0.29, 0.717) is 32.0 Å². The minimum absolute atomic E-state index is 0.0392. The lowest BCUT2D eigenvalue weighted by molar-refractivity contribution is -0.140. The Morgan fingerprint density at radius 1 is 1.29 bits per heavy atom. The van der Waals surface area contributed by atoms with Crippen molar-refractivity contribution in [2.45, 2.75) is 39.2 Å². The first-order valence-electron chi connectivity index (χ1n) is 8.54. The van der Waals surface area contributed by atoms with Gasteiger partial charge in [0.15, 0.2) is 0 Å². The molecule has 1 N–H and O–H groups in total. The van der Waals surface area contributed by atoms with E-state index in [1.165, 1.54) is 0 Å². The molecule has 2 amide bonds. The normalized spacial score (nSPS) is 15.4. The van der Waals surface area contributed by atoms with Crippen molar-refractivity contribution >= 4 is 17.8 Å². The van der Waals surface area contributed by atoms with Crippen molar-refractivity contribution in [2.24, 2.45) is 5.92 Å². The third-order valence-corrected chi connectivity index (χ3v) is 4.51. The number of amides is 2. The molecule has 24 heavy (non-hydrogen) atoms. The zero-order valence-corrected chi connectivity index (χ0v) is 14.7. The molecule has 0 radical (unpaired) electrons. The van der Waals surface area contributed by atoms with Crippen LogP contribution in [0.15, 0.2) is 18.5 Å². The number of carbonyl (C=O) groups excluding carboxylic acids is 2. The lowest BCUT2D eigenvalue weighted by atomic mass is 9.95. The fraction of sp³-hybridized carbons (Fsp3) is 0.647. The molecule has 1 aromatic rings. The summed E-state index contributed by atoms with van der Waals surface area (Å²) < 4.78 is 0. The smallest absolute Gasteiger partial charge is 0.225 e. The third kappa shape index (κ3) is 4.91. The summed E-state index contributed by atoms with van der Waals surface area (Å²) in [6, 6.07) is 1.96. The minimum Gasteiger partial charge on any atom is -0.354 e. The van der Waals surface area contributed by atoms with Gasteiger partial charge in [-0.2, -0.15) is 0 Å². The van der Waals surface area contributed by atoms with Crippen LogP contribution in [0, 0.1) is 5.92 Å². The van der Waals surface area contributed by atoms with E-state index in [1.54, 1.807) is 23.4 Å². The zero-order chi connectivity index (χ0) is 17.5. The van der Waals surface area contributed by atoms with E-state index < -0.39 is 0 Å². The number of nitrogens with zero attached hydrogens (tertiary/aromatic N) is 4. The summed E-state index contributed by atoms with van der Waals surface area (Å²) in [7, 11) is 1.85. The molecule has 0 aliphatic carbocycles. The molecular formula is C17H27N5O2. The maximum absolute atomic E-state index is 12.3. The molecule has 2 heterocycles. The van der Waals surface area contributed by atoms with Crippen LogP contribution in [0.3, 0.4) is 0 Å². The third-order valence-electron chi connectivity index (χ3n) is 4.51. The second-order valence-electron chi connectivity index (χ2n) is 6.45. The lowest BCUT2D eigenvalue weighted by Crippen LogP contribution is -2.45. The molecular weight excluding hydrogens is 306 g/mol. The Morgan fingerprint density at radius 3 is 2.50 bits per heavy atom. The summed E-state index contributed by atoms with van der Waals surface area (Å²) in [5, 5.41) is 3.04. The number of hydrogen-bond donors (Lipinski definition) is 1. The molecule has 7 heteroatoms. The van der Waals surface area contributed by atoms with Crippen LogP contribution in [-0.2, 0) is 9.59 Å². The Labute approximate surface area is 143 Å². The molecule has 0 aromatic carbocycles. The highest BCUT2D eigenvalue weighted by Gasteiger charge is 2.29. The SMILES string of the molecule is CC(C)N(C)C(=O)C1CCN(C(=O)CCNc2ncccn2)CC1. The number of nitrogens with one attached hydrogen (secondary N) is 1. The fourth-order valence-electron chi connectivity index (χ4n) is 2.75. The number of carbonyl (C=O) groups is 2. The van der Waals surface area contributed by atoms with Gasteiger partial charge in [0.25, 0.3) is 0 Å². The molecule has 0 saturated carbocycles. The van der Waals surface area contributed by atoms with E-state index >= 15 is 0 Å². The molecule has 1 saturated heterocycles. The average Bonchev–Trinajstić information content (AvgIpc) is 2.61. The number of likely N-dealkylation sites (tertiary alicyclic amines) is 1. The number of aromatic nitrogens is 2. The van der Waals surface area contributed by atoms with Crippen molar-refractivity contribution in [3.63, 3.8) is 0 Å². The topological polar surface area (TPSA) is 78.4 Å². The van der Waals surface area contributed by atoms with E-state index in [-0.39, 0.29) is 23.8 Å². The highest BCUT2D eigenvalue weighted by molar-refractivity contribution is 5.80. The van der Waals surface area contributed by atoms with Crippen LogP contribution in [0.4, 0.5) is 5.95 Å². The van der Waals surface area contributed by atoms with E-state index in [4.69, 9.17) is 0 Å². The summed E-state index contributed by atoms with van der Waals surface area (Å²) in [6.45, 7) is 5.85. The van der Waals surface area contributed by atoms with Crippen molar-refractivity contribution in [2.75, 3.05) is 32.0 Å². The Morgan fingerprint density at radius 2 is 1.92 bits per heavy atom. The first-order valence-corrected chi connectivity index (χ1v) is 8.54. The van der Waals surface area contributed by atoms with Gasteiger partial charge in [0.05, 0.1) is 0 Å². The van der Waals surface area contributed by atoms with Crippen molar-refractivity contribution in [3.8, 4) is 0 Å². The Kier molecular flexibility index (Phi) is 6.52. The zero-order valence-electron chi connectivity index (χ0n) is 14.7. The highest BCUT2D eigenvalue weighted by Crippen LogP contribution is 2.20. The van der Waals surface area contributed by atoms with Crippen LogP contribution in [0.25, 0.3) is 0 Å². The fourth-order valence-corrected chi connectivity index (χ4v) is 2.75. The number of piperidine rings is 1. The largest absolute Gasteiger partial charge is 0.354 e. The molecule has 1 aromatic heterocycles. The first kappa shape index (κ1) is 18.2. The quantitative estimate of drug-likeness (QED) is 0.851. The van der Waals surface area contributed by atoms with Gasteiger partial charge in [0, 0.05) is 57.5 Å². The summed E-state index contributed by atoms with van der Waals surface area (Å²) in [5.41, 5.74) is 0. The standard InChI is InChI=1S/C17H27N5O2/c1-13(2)21(3)16(24)14-6-11-22(12-7-14)15(23)5-10-20-17-18-8-4-9-19-17/h4,8-9,13-14H,5-7,10-12H2,1-3H3,(H,18,19,20). The van der Waals surface area contributed by atoms with Crippen molar-refractivity contribution in [1.82, 2.24) is 19.8 Å². The summed E-state index contributed by atoms with van der Waals surface area (Å²) in [5.74, 6) is 0.880. The number of anilines is 1. The van der Waals surface area contributed by atoms with Gasteiger partial charge < -0.3 is 15.1 Å². The molecule has 2 rings (SSSR count). The predicted octanol–water partition coefficient (Wildman–Crippen LogP) is 1.38. The van der Waals surface area contributed by atoms with Crippen LogP contribution in [0.1, 0.15) is 33.1 Å². The van der Waals surface area contributed by atoms with E-state index in [2.05, 4.69) is 15.3 Å². The maximum Gasteiger partial charge on any atom is 0.225 e. The second-order valence-corrected chi connectivity index (χ2v) is 6.45. The van der Waals surface area contributed by atoms with Gasteiger partial charge >= 0.3 is 0 Å². The summed E-state index contributed by atoms with van der Waals surface area (Å²) in [4.78, 5) is 36.4. The van der Waals surface area contributed by atoms with Crippen LogP contribution in [0.5, 0.6) is 0 Å². The van der Waals surface area contributed by atoms with Gasteiger partial charge in [0.1, 0.15) is 0 Å². The van der Waals surface area contributed by atoms with Crippen LogP contribution >= 0.6 is 0 Å². The Balaban J connectivity index is 1.71. The molecule has 0 spiro atoms. The van der Waals surface area contributed by atoms with E-state index in [1.807, 2.05) is 25.8 Å². The molecule has 0 unspecified atom stereocenters. The van der Waals surface area contributed by atoms with Crippen molar-refractivity contribution in [1.29, 1.82) is 0 Å². The first-order chi connectivity index (χ1) is 11.5. The van der Waals surface area contributed by atoms with Crippen LogP contribution in [0.2, 0.25) is 0 Å². The summed E-state index contributed by atoms with van der Waals surface area (Å²) in [6.07, 6.45) is 5.22. The lowest BCUT2D eigenvalue weighted by Gasteiger charge is -2.34. The monoisotopic (exact) mass is 333 g/mol. The molecule has 1 aliphatic heterocycles. The summed E-state index contributed by atoms with van der Waals surface area (Å²) >= 11 is 0. The highest BCUT2D eigenvalue weighted by atomic mass is 16.2. The Hall–Kier alpha value is -2.18. The molecule has 0 atom stereocenters. The molecule has 132 valence electrons. The van der Waals surface area contributed by atoms with E-state index in [9.17, 15) is 9.59 Å².